The summed E-state index contributed by atoms with van der Waals surface area (Å²) in [7, 11) is 0. The van der Waals surface area contributed by atoms with Crippen LogP contribution in [0.2, 0.25) is 0 Å². The molecular weight excluding hydrogens is 238 g/mol. The zero-order valence-electron chi connectivity index (χ0n) is 10.1. The fourth-order valence-corrected chi connectivity index (χ4v) is 3.75. The molecule has 1 heterocycles. The lowest BCUT2D eigenvalue weighted by molar-refractivity contribution is -0.294. The summed E-state index contributed by atoms with van der Waals surface area (Å²) < 4.78 is 5.61. The number of ether oxygens (including phenoxy) is 1. The molecule has 0 radical (unpaired) electrons. The molecule has 1 aromatic rings. The Morgan fingerprint density at radius 2 is 2.06 bits per heavy atom. The molecule has 0 unspecified atom stereocenters. The third kappa shape index (κ3) is 1.54. The van der Waals surface area contributed by atoms with Crippen LogP contribution in [0.3, 0.4) is 0 Å². The SMILES string of the molecule is CC(C)(O)C12CC(COc3nnc(N)s3)(C1)C2. The first-order chi connectivity index (χ1) is 7.84. The van der Waals surface area contributed by atoms with E-state index in [4.69, 9.17) is 10.5 Å². The van der Waals surface area contributed by atoms with Crippen molar-refractivity contribution in [2.24, 2.45) is 10.8 Å². The molecule has 0 spiro atoms. The van der Waals surface area contributed by atoms with E-state index in [1.165, 1.54) is 11.3 Å². The average molecular weight is 255 g/mol. The Kier molecular flexibility index (Phi) is 2.06. The van der Waals surface area contributed by atoms with Crippen LogP contribution in [0, 0.1) is 10.8 Å². The van der Waals surface area contributed by atoms with Gasteiger partial charge >= 0.3 is 0 Å². The molecule has 4 rings (SSSR count). The van der Waals surface area contributed by atoms with E-state index in [1.807, 2.05) is 13.8 Å². The molecule has 0 aliphatic heterocycles. The molecule has 0 aromatic carbocycles. The van der Waals surface area contributed by atoms with Crippen LogP contribution in [0.1, 0.15) is 33.1 Å². The smallest absolute Gasteiger partial charge is 0.295 e. The fraction of sp³-hybridized carbons (Fsp3) is 0.818. The van der Waals surface area contributed by atoms with Crippen molar-refractivity contribution in [3.63, 3.8) is 0 Å². The van der Waals surface area contributed by atoms with Gasteiger partial charge in [-0.05, 0) is 44.4 Å². The number of anilines is 1. The summed E-state index contributed by atoms with van der Waals surface area (Å²) in [6, 6.07) is 0. The first-order valence-electron chi connectivity index (χ1n) is 5.79. The minimum absolute atomic E-state index is 0.135. The summed E-state index contributed by atoms with van der Waals surface area (Å²) in [6.07, 6.45) is 3.16. The standard InChI is InChI=1S/C11H17N3O2S/c1-9(2,15)11-3-10(4-11,5-11)6-16-8-14-13-7(12)17-8/h15H,3-6H2,1-2H3,(H2,12,13). The van der Waals surface area contributed by atoms with Gasteiger partial charge in [0.2, 0.25) is 5.13 Å². The molecule has 0 amide bonds. The van der Waals surface area contributed by atoms with Crippen molar-refractivity contribution in [2.45, 2.75) is 38.7 Å². The minimum atomic E-state index is -0.568. The van der Waals surface area contributed by atoms with Gasteiger partial charge in [-0.2, -0.15) is 0 Å². The highest BCUT2D eigenvalue weighted by Crippen LogP contribution is 2.76. The van der Waals surface area contributed by atoms with Crippen LogP contribution in [-0.4, -0.2) is 27.5 Å². The summed E-state index contributed by atoms with van der Waals surface area (Å²) in [5.41, 5.74) is 5.32. The second kappa shape index (κ2) is 3.11. The maximum atomic E-state index is 10.1. The second-order valence-electron chi connectivity index (χ2n) is 6.06. The topological polar surface area (TPSA) is 81.3 Å². The maximum Gasteiger partial charge on any atom is 0.295 e. The summed E-state index contributed by atoms with van der Waals surface area (Å²) in [4.78, 5) is 0. The van der Waals surface area contributed by atoms with E-state index in [-0.39, 0.29) is 10.8 Å². The van der Waals surface area contributed by atoms with Crippen molar-refractivity contribution in [3.05, 3.63) is 0 Å². The van der Waals surface area contributed by atoms with Gasteiger partial charge in [0, 0.05) is 10.8 Å². The molecule has 3 fully saturated rings. The lowest BCUT2D eigenvalue weighted by Crippen LogP contribution is -2.71. The third-order valence-electron chi connectivity index (χ3n) is 4.36. The molecule has 17 heavy (non-hydrogen) atoms. The Morgan fingerprint density at radius 3 is 2.53 bits per heavy atom. The number of aliphatic hydroxyl groups is 1. The van der Waals surface area contributed by atoms with Gasteiger partial charge in [-0.15, -0.1) is 5.10 Å². The van der Waals surface area contributed by atoms with Crippen LogP contribution in [-0.2, 0) is 0 Å². The Labute approximate surface area is 104 Å². The van der Waals surface area contributed by atoms with Crippen molar-refractivity contribution < 1.29 is 9.84 Å². The lowest BCUT2D eigenvalue weighted by Gasteiger charge is -2.74. The maximum absolute atomic E-state index is 10.1. The minimum Gasteiger partial charge on any atom is -0.468 e. The van der Waals surface area contributed by atoms with Crippen molar-refractivity contribution >= 4 is 16.5 Å². The van der Waals surface area contributed by atoms with Crippen LogP contribution >= 0.6 is 11.3 Å². The molecular formula is C11H17N3O2S. The Balaban J connectivity index is 1.54. The van der Waals surface area contributed by atoms with Gasteiger partial charge in [0.05, 0.1) is 12.2 Å². The fourth-order valence-electron chi connectivity index (χ4n) is 3.29. The quantitative estimate of drug-likeness (QED) is 0.850. The molecule has 94 valence electrons. The molecule has 3 aliphatic rings. The largest absolute Gasteiger partial charge is 0.468 e. The molecule has 3 aliphatic carbocycles. The third-order valence-corrected chi connectivity index (χ3v) is 5.03. The first-order valence-corrected chi connectivity index (χ1v) is 6.60. The number of aromatic nitrogens is 2. The van der Waals surface area contributed by atoms with Gasteiger partial charge in [-0.3, -0.25) is 0 Å². The van der Waals surface area contributed by atoms with Crippen LogP contribution in [0.15, 0.2) is 0 Å². The number of nitrogens with two attached hydrogens (primary N) is 1. The van der Waals surface area contributed by atoms with E-state index in [1.54, 1.807) is 0 Å². The van der Waals surface area contributed by atoms with Gasteiger partial charge in [0.1, 0.15) is 0 Å². The number of nitrogen functional groups attached to an aromatic ring is 1. The van der Waals surface area contributed by atoms with Crippen molar-refractivity contribution in [2.75, 3.05) is 12.3 Å². The Morgan fingerprint density at radius 1 is 1.41 bits per heavy atom. The van der Waals surface area contributed by atoms with Crippen LogP contribution in [0.5, 0.6) is 5.19 Å². The molecule has 1 aromatic heterocycles. The molecule has 5 nitrogen and oxygen atoms in total. The number of nitrogens with zero attached hydrogens (tertiary/aromatic N) is 2. The summed E-state index contributed by atoms with van der Waals surface area (Å²) in [6.45, 7) is 4.48. The van der Waals surface area contributed by atoms with Gasteiger partial charge in [-0.1, -0.05) is 5.10 Å². The molecule has 6 heteroatoms. The van der Waals surface area contributed by atoms with Crippen molar-refractivity contribution in [1.82, 2.24) is 10.2 Å². The summed E-state index contributed by atoms with van der Waals surface area (Å²) in [5, 5.41) is 18.6. The van der Waals surface area contributed by atoms with E-state index in [2.05, 4.69) is 10.2 Å². The van der Waals surface area contributed by atoms with Gasteiger partial charge in [-0.25, -0.2) is 0 Å². The van der Waals surface area contributed by atoms with Crippen molar-refractivity contribution in [1.29, 1.82) is 0 Å². The van der Waals surface area contributed by atoms with Crippen LogP contribution < -0.4 is 10.5 Å². The van der Waals surface area contributed by atoms with E-state index in [9.17, 15) is 5.11 Å². The molecule has 0 atom stereocenters. The number of hydrogen-bond acceptors (Lipinski definition) is 6. The average Bonchev–Trinajstić information content (AvgIpc) is 2.43. The molecule has 0 saturated heterocycles. The zero-order chi connectivity index (χ0) is 12.3. The van der Waals surface area contributed by atoms with Gasteiger partial charge < -0.3 is 15.6 Å². The van der Waals surface area contributed by atoms with Crippen molar-refractivity contribution in [3.8, 4) is 5.19 Å². The monoisotopic (exact) mass is 255 g/mol. The number of hydrogen-bond donors (Lipinski definition) is 2. The highest BCUT2D eigenvalue weighted by molar-refractivity contribution is 7.16. The van der Waals surface area contributed by atoms with E-state index >= 15 is 0 Å². The number of rotatable bonds is 4. The lowest BCUT2D eigenvalue weighted by atomic mass is 9.31. The van der Waals surface area contributed by atoms with Gasteiger partial charge in [0.15, 0.2) is 0 Å². The van der Waals surface area contributed by atoms with Gasteiger partial charge in [0.25, 0.3) is 5.19 Å². The highest BCUT2D eigenvalue weighted by Gasteiger charge is 2.72. The van der Waals surface area contributed by atoms with Crippen LogP contribution in [0.4, 0.5) is 5.13 Å². The zero-order valence-corrected chi connectivity index (χ0v) is 10.9. The Hall–Kier alpha value is -0.880. The highest BCUT2D eigenvalue weighted by atomic mass is 32.1. The summed E-state index contributed by atoms with van der Waals surface area (Å²) in [5.74, 6) is 0. The van der Waals surface area contributed by atoms with E-state index in [0.717, 1.165) is 19.3 Å². The van der Waals surface area contributed by atoms with E-state index < -0.39 is 5.60 Å². The predicted octanol–water partition coefficient (Wildman–Crippen LogP) is 1.44. The second-order valence-corrected chi connectivity index (χ2v) is 7.04. The van der Waals surface area contributed by atoms with Crippen LogP contribution in [0.25, 0.3) is 0 Å². The first kappa shape index (κ1) is 11.2. The Bertz CT molecular complexity index is 432. The predicted molar refractivity (Wildman–Crippen MR) is 64.8 cm³/mol. The van der Waals surface area contributed by atoms with E-state index in [0.29, 0.717) is 16.9 Å². The molecule has 2 bridgehead atoms. The normalized spacial score (nSPS) is 35.0. The molecule has 3 saturated carbocycles. The summed E-state index contributed by atoms with van der Waals surface area (Å²) >= 11 is 1.27. The molecule has 3 N–H and O–H groups in total.